The van der Waals surface area contributed by atoms with E-state index in [1.54, 1.807) is 28.5 Å². The smallest absolute Gasteiger partial charge is 0.261 e. The first-order valence-corrected chi connectivity index (χ1v) is 14.2. The first kappa shape index (κ1) is 27.0. The van der Waals surface area contributed by atoms with Crippen LogP contribution < -0.4 is 0 Å². The Morgan fingerprint density at radius 1 is 1.17 bits per heavy atom. The largest absolute Gasteiger partial charge is 0.352 e. The SMILES string of the molecule is C=C/C(=C\C(=C/C)c1cc2c(-c3cc4c(-c5ccc(C(=C)C)s5)cncc4[nH]3)n[nH]c2cn1)CN1CCC(F)(F)C1. The molecule has 208 valence electrons. The third kappa shape index (κ3) is 5.30. The van der Waals surface area contributed by atoms with Crippen LogP contribution in [0.3, 0.4) is 0 Å². The van der Waals surface area contributed by atoms with Crippen molar-refractivity contribution in [2.75, 3.05) is 19.6 Å². The number of alkyl halides is 2. The first-order chi connectivity index (χ1) is 19.7. The van der Waals surface area contributed by atoms with Gasteiger partial charge in [-0.05, 0) is 60.9 Å². The van der Waals surface area contributed by atoms with Crippen molar-refractivity contribution in [1.82, 2.24) is 30.0 Å². The minimum absolute atomic E-state index is 0.108. The zero-order valence-electron chi connectivity index (χ0n) is 23.0. The van der Waals surface area contributed by atoms with Gasteiger partial charge in [0.05, 0.1) is 41.4 Å². The summed E-state index contributed by atoms with van der Waals surface area (Å²) in [6.07, 6.45) is 11.1. The number of hydrogen-bond acceptors (Lipinski definition) is 5. The van der Waals surface area contributed by atoms with Crippen molar-refractivity contribution in [3.63, 3.8) is 0 Å². The summed E-state index contributed by atoms with van der Waals surface area (Å²) in [5.41, 5.74) is 7.99. The zero-order valence-corrected chi connectivity index (χ0v) is 23.8. The van der Waals surface area contributed by atoms with E-state index < -0.39 is 5.92 Å². The lowest BCUT2D eigenvalue weighted by Gasteiger charge is -2.16. The van der Waals surface area contributed by atoms with Gasteiger partial charge in [-0.3, -0.25) is 20.0 Å². The average molecular weight is 569 g/mol. The van der Waals surface area contributed by atoms with Crippen molar-refractivity contribution < 1.29 is 8.78 Å². The summed E-state index contributed by atoms with van der Waals surface area (Å²) in [7, 11) is 0. The van der Waals surface area contributed by atoms with Crippen LogP contribution in [-0.2, 0) is 0 Å². The van der Waals surface area contributed by atoms with E-state index in [-0.39, 0.29) is 13.0 Å². The monoisotopic (exact) mass is 568 g/mol. The number of halogens is 2. The maximum absolute atomic E-state index is 13.7. The van der Waals surface area contributed by atoms with Gasteiger partial charge in [0.1, 0.15) is 5.69 Å². The molecule has 1 fully saturated rings. The highest BCUT2D eigenvalue weighted by atomic mass is 32.1. The normalized spacial score (nSPS) is 16.2. The number of aromatic nitrogens is 5. The number of fused-ring (bicyclic) bond motifs is 2. The van der Waals surface area contributed by atoms with Gasteiger partial charge in [-0.1, -0.05) is 25.3 Å². The molecule has 41 heavy (non-hydrogen) atoms. The number of allylic oxidation sites excluding steroid dienone is 4. The molecule has 1 aliphatic rings. The minimum Gasteiger partial charge on any atom is -0.352 e. The predicted molar refractivity (Wildman–Crippen MR) is 165 cm³/mol. The van der Waals surface area contributed by atoms with E-state index in [1.807, 2.05) is 44.5 Å². The number of H-pyrrole nitrogens is 2. The number of hydrogen-bond donors (Lipinski definition) is 2. The van der Waals surface area contributed by atoms with Crippen LogP contribution in [0.1, 0.15) is 30.8 Å². The van der Waals surface area contributed by atoms with E-state index >= 15 is 0 Å². The standard InChI is InChI=1S/C32H30F2N6S/c1-5-20(17-40-10-9-32(33,34)18-40)11-21(6-2)25-13-23-28(16-36-25)38-39-31(23)26-12-22-24(14-35-15-27(22)37-26)30-8-7-29(41-30)19(3)4/h5-8,11-16,37H,1,3,9-10,17-18H2,2,4H3,(H,38,39)/b20-11+,21-6+. The van der Waals surface area contributed by atoms with Gasteiger partial charge in [0.25, 0.3) is 5.92 Å². The number of nitrogens with one attached hydrogen (secondary N) is 2. The molecular formula is C32H30F2N6S. The van der Waals surface area contributed by atoms with Gasteiger partial charge in [-0.15, -0.1) is 11.3 Å². The Morgan fingerprint density at radius 3 is 2.73 bits per heavy atom. The predicted octanol–water partition coefficient (Wildman–Crippen LogP) is 8.12. The van der Waals surface area contributed by atoms with Crippen LogP contribution in [0.25, 0.3) is 54.8 Å². The summed E-state index contributed by atoms with van der Waals surface area (Å²) in [6, 6.07) is 8.32. The molecule has 6 rings (SSSR count). The fraction of sp³-hybridized carbons (Fsp3) is 0.219. The Labute approximate surface area is 240 Å². The molecule has 0 amide bonds. The van der Waals surface area contributed by atoms with Crippen molar-refractivity contribution in [2.45, 2.75) is 26.2 Å². The molecule has 0 atom stereocenters. The Morgan fingerprint density at radius 2 is 2.02 bits per heavy atom. The molecule has 2 N–H and O–H groups in total. The second-order valence-electron chi connectivity index (χ2n) is 10.4. The minimum atomic E-state index is -2.63. The Bertz CT molecular complexity index is 1850. The fourth-order valence-corrected chi connectivity index (χ4v) is 6.20. The molecule has 0 aromatic carbocycles. The van der Waals surface area contributed by atoms with Gasteiger partial charge in [-0.25, -0.2) is 8.78 Å². The third-order valence-electron chi connectivity index (χ3n) is 7.40. The van der Waals surface area contributed by atoms with Gasteiger partial charge in [0, 0.05) is 51.8 Å². The van der Waals surface area contributed by atoms with Crippen molar-refractivity contribution in [1.29, 1.82) is 0 Å². The van der Waals surface area contributed by atoms with Crippen LogP contribution >= 0.6 is 11.3 Å². The van der Waals surface area contributed by atoms with Crippen LogP contribution in [0.4, 0.5) is 8.78 Å². The molecule has 1 aliphatic heterocycles. The molecule has 0 radical (unpaired) electrons. The van der Waals surface area contributed by atoms with Crippen LogP contribution in [0.5, 0.6) is 0 Å². The van der Waals surface area contributed by atoms with Crippen molar-refractivity contribution in [3.8, 4) is 21.8 Å². The quantitative estimate of drug-likeness (QED) is 0.185. The second kappa shape index (κ2) is 10.6. The van der Waals surface area contributed by atoms with Crippen LogP contribution in [0.2, 0.25) is 0 Å². The molecule has 1 saturated heterocycles. The van der Waals surface area contributed by atoms with Gasteiger partial charge in [0.15, 0.2) is 0 Å². The molecule has 5 aromatic rings. The molecular weight excluding hydrogens is 538 g/mol. The lowest BCUT2D eigenvalue weighted by atomic mass is 10.0. The molecule has 0 bridgehead atoms. The highest BCUT2D eigenvalue weighted by Crippen LogP contribution is 2.38. The van der Waals surface area contributed by atoms with E-state index in [0.29, 0.717) is 13.1 Å². The maximum atomic E-state index is 13.7. The van der Waals surface area contributed by atoms with E-state index in [0.717, 1.165) is 70.9 Å². The topological polar surface area (TPSA) is 73.5 Å². The van der Waals surface area contributed by atoms with Crippen LogP contribution in [0.15, 0.2) is 79.8 Å². The fourth-order valence-electron chi connectivity index (χ4n) is 5.24. The van der Waals surface area contributed by atoms with Gasteiger partial charge >= 0.3 is 0 Å². The maximum Gasteiger partial charge on any atom is 0.261 e. The number of pyridine rings is 2. The van der Waals surface area contributed by atoms with Gasteiger partial charge in [-0.2, -0.15) is 5.10 Å². The zero-order chi connectivity index (χ0) is 28.7. The number of nitrogens with zero attached hydrogens (tertiary/aromatic N) is 4. The number of rotatable bonds is 8. The van der Waals surface area contributed by atoms with Crippen molar-refractivity contribution in [2.24, 2.45) is 0 Å². The van der Waals surface area contributed by atoms with Gasteiger partial charge < -0.3 is 4.98 Å². The molecule has 6 heterocycles. The molecule has 0 spiro atoms. The molecule has 6 nitrogen and oxygen atoms in total. The molecule has 0 aliphatic carbocycles. The first-order valence-electron chi connectivity index (χ1n) is 13.4. The highest BCUT2D eigenvalue weighted by Gasteiger charge is 2.37. The van der Waals surface area contributed by atoms with E-state index in [1.165, 1.54) is 0 Å². The van der Waals surface area contributed by atoms with E-state index in [4.69, 9.17) is 0 Å². The van der Waals surface area contributed by atoms with Crippen molar-refractivity contribution in [3.05, 3.63) is 90.4 Å². The summed E-state index contributed by atoms with van der Waals surface area (Å²) in [5, 5.41) is 9.71. The summed E-state index contributed by atoms with van der Waals surface area (Å²) in [5.74, 6) is -2.63. The summed E-state index contributed by atoms with van der Waals surface area (Å²) >= 11 is 1.70. The van der Waals surface area contributed by atoms with Gasteiger partial charge in [0.2, 0.25) is 0 Å². The molecule has 0 unspecified atom stereocenters. The second-order valence-corrected chi connectivity index (χ2v) is 11.5. The Balaban J connectivity index is 1.34. The summed E-state index contributed by atoms with van der Waals surface area (Å²) in [6.45, 7) is 12.5. The average Bonchev–Trinajstić information content (AvgIpc) is 3.75. The van der Waals surface area contributed by atoms with E-state index in [2.05, 4.69) is 56.5 Å². The third-order valence-corrected chi connectivity index (χ3v) is 8.69. The van der Waals surface area contributed by atoms with Crippen molar-refractivity contribution >= 4 is 44.3 Å². The molecule has 9 heteroatoms. The lowest BCUT2D eigenvalue weighted by Crippen LogP contribution is -2.26. The molecule has 0 saturated carbocycles. The Hall–Kier alpha value is -4.21. The summed E-state index contributed by atoms with van der Waals surface area (Å²) in [4.78, 5) is 16.7. The Kier molecular flexibility index (Phi) is 7.01. The lowest BCUT2D eigenvalue weighted by molar-refractivity contribution is 0.0131. The number of likely N-dealkylation sites (tertiary alicyclic amines) is 1. The number of thiophene rings is 1. The van der Waals surface area contributed by atoms with Crippen LogP contribution in [-0.4, -0.2) is 55.6 Å². The van der Waals surface area contributed by atoms with Crippen LogP contribution in [0, 0.1) is 0 Å². The van der Waals surface area contributed by atoms with E-state index in [9.17, 15) is 8.78 Å². The highest BCUT2D eigenvalue weighted by molar-refractivity contribution is 7.16. The number of aromatic amines is 2. The molecule has 5 aromatic heterocycles. The summed E-state index contributed by atoms with van der Waals surface area (Å²) < 4.78 is 27.4.